The molecule has 9 heteroatoms. The Labute approximate surface area is 172 Å². The second-order valence-corrected chi connectivity index (χ2v) is 7.76. The second-order valence-electron chi connectivity index (χ2n) is 6.62. The van der Waals surface area contributed by atoms with E-state index in [-0.39, 0.29) is 0 Å². The Morgan fingerprint density at radius 1 is 1.31 bits per heavy atom. The maximum absolute atomic E-state index is 10.7. The molecule has 1 amide bonds. The van der Waals surface area contributed by atoms with Crippen LogP contribution in [0.3, 0.4) is 0 Å². The summed E-state index contributed by atoms with van der Waals surface area (Å²) < 4.78 is 6.49. The van der Waals surface area contributed by atoms with Crippen molar-refractivity contribution in [3.05, 3.63) is 40.3 Å². The summed E-state index contributed by atoms with van der Waals surface area (Å²) in [6, 6.07) is 7.74. The van der Waals surface area contributed by atoms with Crippen molar-refractivity contribution in [2.24, 2.45) is 5.73 Å². The van der Waals surface area contributed by atoms with Gasteiger partial charge >= 0.3 is 0 Å². The molecule has 1 aliphatic heterocycles. The summed E-state index contributed by atoms with van der Waals surface area (Å²) >= 11 is 1.59. The van der Waals surface area contributed by atoms with Gasteiger partial charge in [-0.15, -0.1) is 11.3 Å². The Hall–Kier alpha value is -2.88. The van der Waals surface area contributed by atoms with Gasteiger partial charge in [-0.2, -0.15) is 0 Å². The van der Waals surface area contributed by atoms with Crippen molar-refractivity contribution in [3.8, 4) is 11.4 Å². The summed E-state index contributed by atoms with van der Waals surface area (Å²) in [6.45, 7) is 3.62. The molecule has 8 nitrogen and oxygen atoms in total. The van der Waals surface area contributed by atoms with Gasteiger partial charge in [-0.25, -0.2) is 9.97 Å². The number of anilines is 1. The van der Waals surface area contributed by atoms with Crippen molar-refractivity contribution in [3.63, 3.8) is 0 Å². The minimum atomic E-state index is 0.344. The van der Waals surface area contributed by atoms with Crippen LogP contribution in [0.4, 0.5) is 5.82 Å². The van der Waals surface area contributed by atoms with Gasteiger partial charge < -0.3 is 26.1 Å². The predicted octanol–water partition coefficient (Wildman–Crippen LogP) is 1.90. The SMILES string of the molecule is N=Cc1c(CN)cccc1-c1nc(N2CCOCC2)c2sc(CNC=O)cc2n1. The van der Waals surface area contributed by atoms with Gasteiger partial charge in [-0.3, -0.25) is 4.79 Å². The molecule has 150 valence electrons. The number of amides is 1. The van der Waals surface area contributed by atoms with Crippen LogP contribution in [0.2, 0.25) is 0 Å². The lowest BCUT2D eigenvalue weighted by molar-refractivity contribution is -0.109. The third kappa shape index (κ3) is 3.84. The summed E-state index contributed by atoms with van der Waals surface area (Å²) in [5.74, 6) is 1.44. The quantitative estimate of drug-likeness (QED) is 0.405. The van der Waals surface area contributed by atoms with Crippen LogP contribution in [0, 0.1) is 5.41 Å². The van der Waals surface area contributed by atoms with E-state index >= 15 is 0 Å². The molecule has 3 heterocycles. The summed E-state index contributed by atoms with van der Waals surface area (Å²) in [7, 11) is 0. The number of benzene rings is 1. The van der Waals surface area contributed by atoms with Gasteiger partial charge in [0.05, 0.1) is 30.0 Å². The van der Waals surface area contributed by atoms with E-state index in [4.69, 9.17) is 25.8 Å². The smallest absolute Gasteiger partial charge is 0.207 e. The maximum atomic E-state index is 10.7. The lowest BCUT2D eigenvalue weighted by atomic mass is 10.0. The summed E-state index contributed by atoms with van der Waals surface area (Å²) in [4.78, 5) is 23.6. The number of hydrogen-bond donors (Lipinski definition) is 3. The number of thiophene rings is 1. The Balaban J connectivity index is 1.89. The number of aromatic nitrogens is 2. The van der Waals surface area contributed by atoms with Crippen molar-refractivity contribution < 1.29 is 9.53 Å². The van der Waals surface area contributed by atoms with Gasteiger partial charge in [-0.1, -0.05) is 18.2 Å². The van der Waals surface area contributed by atoms with Gasteiger partial charge in [0.1, 0.15) is 0 Å². The summed E-state index contributed by atoms with van der Waals surface area (Å²) in [5.41, 5.74) is 9.10. The first kappa shape index (κ1) is 19.4. The molecule has 1 saturated heterocycles. The molecule has 1 fully saturated rings. The molecule has 1 aliphatic rings. The first-order valence-electron chi connectivity index (χ1n) is 9.38. The van der Waals surface area contributed by atoms with E-state index in [1.807, 2.05) is 24.3 Å². The molecule has 0 bridgehead atoms. The highest BCUT2D eigenvalue weighted by atomic mass is 32.1. The van der Waals surface area contributed by atoms with E-state index < -0.39 is 0 Å². The third-order valence-electron chi connectivity index (χ3n) is 4.88. The number of rotatable bonds is 7. The van der Waals surface area contributed by atoms with Crippen molar-refractivity contribution in [2.75, 3.05) is 31.2 Å². The van der Waals surface area contributed by atoms with E-state index in [0.717, 1.165) is 50.7 Å². The van der Waals surface area contributed by atoms with Crippen LogP contribution in [-0.4, -0.2) is 48.9 Å². The van der Waals surface area contributed by atoms with Crippen molar-refractivity contribution in [1.82, 2.24) is 15.3 Å². The van der Waals surface area contributed by atoms with E-state index in [1.165, 1.54) is 6.21 Å². The highest BCUT2D eigenvalue weighted by Gasteiger charge is 2.21. The standard InChI is InChI=1S/C20H22N6O2S/c21-9-13-2-1-3-15(16(13)10-22)19-24-17-8-14(11-23-12-27)29-18(17)20(25-19)26-4-6-28-7-5-26/h1-3,8,10,12,22H,4-7,9,11,21H2,(H,23,27). The van der Waals surface area contributed by atoms with Crippen LogP contribution >= 0.6 is 11.3 Å². The van der Waals surface area contributed by atoms with Gasteiger partial charge in [0.25, 0.3) is 0 Å². The number of carbonyl (C=O) groups is 1. The highest BCUT2D eigenvalue weighted by Crippen LogP contribution is 2.35. The predicted molar refractivity (Wildman–Crippen MR) is 115 cm³/mol. The molecule has 0 aliphatic carbocycles. The van der Waals surface area contributed by atoms with E-state index in [1.54, 1.807) is 11.3 Å². The van der Waals surface area contributed by atoms with Crippen LogP contribution in [-0.2, 0) is 22.6 Å². The maximum Gasteiger partial charge on any atom is 0.207 e. The Morgan fingerprint density at radius 2 is 2.14 bits per heavy atom. The van der Waals surface area contributed by atoms with E-state index in [2.05, 4.69) is 10.2 Å². The molecule has 2 aromatic heterocycles. The van der Waals surface area contributed by atoms with Crippen molar-refractivity contribution >= 4 is 40.0 Å². The molecule has 0 radical (unpaired) electrons. The average Bonchev–Trinajstić information content (AvgIpc) is 3.19. The number of nitrogens with zero attached hydrogens (tertiary/aromatic N) is 3. The van der Waals surface area contributed by atoms with Crippen molar-refractivity contribution in [2.45, 2.75) is 13.1 Å². The molecular weight excluding hydrogens is 388 g/mol. The van der Waals surface area contributed by atoms with Crippen molar-refractivity contribution in [1.29, 1.82) is 5.41 Å². The molecule has 0 atom stereocenters. The summed E-state index contributed by atoms with van der Waals surface area (Å²) in [5, 5.41) is 10.6. The third-order valence-corrected chi connectivity index (χ3v) is 6.00. The normalized spacial score (nSPS) is 14.2. The zero-order valence-electron chi connectivity index (χ0n) is 15.9. The lowest BCUT2D eigenvalue weighted by Crippen LogP contribution is -2.36. The number of morpholine rings is 1. The van der Waals surface area contributed by atoms with E-state index in [0.29, 0.717) is 38.5 Å². The molecule has 0 spiro atoms. The van der Waals surface area contributed by atoms with Crippen LogP contribution in [0.25, 0.3) is 21.6 Å². The molecular formula is C20H22N6O2S. The number of hydrogen-bond acceptors (Lipinski definition) is 8. The average molecular weight is 411 g/mol. The van der Waals surface area contributed by atoms with Crippen LogP contribution in [0.1, 0.15) is 16.0 Å². The number of nitrogens with two attached hydrogens (primary N) is 1. The summed E-state index contributed by atoms with van der Waals surface area (Å²) in [6.07, 6.45) is 2.01. The molecule has 0 unspecified atom stereocenters. The molecule has 29 heavy (non-hydrogen) atoms. The second kappa shape index (κ2) is 8.64. The lowest BCUT2D eigenvalue weighted by Gasteiger charge is -2.28. The molecule has 4 N–H and O–H groups in total. The van der Waals surface area contributed by atoms with Gasteiger partial charge in [0, 0.05) is 41.9 Å². The fraction of sp³-hybridized carbons (Fsp3) is 0.300. The van der Waals surface area contributed by atoms with Crippen LogP contribution < -0.4 is 16.0 Å². The first-order chi connectivity index (χ1) is 14.2. The number of carbonyl (C=O) groups excluding carboxylic acids is 1. The fourth-order valence-electron chi connectivity index (χ4n) is 3.46. The molecule has 0 saturated carbocycles. The monoisotopic (exact) mass is 410 g/mol. The Bertz CT molecular complexity index is 1040. The van der Waals surface area contributed by atoms with Gasteiger partial charge in [0.15, 0.2) is 11.6 Å². The highest BCUT2D eigenvalue weighted by molar-refractivity contribution is 7.19. The first-order valence-corrected chi connectivity index (χ1v) is 10.2. The fourth-order valence-corrected chi connectivity index (χ4v) is 4.52. The van der Waals surface area contributed by atoms with Gasteiger partial charge in [-0.05, 0) is 11.6 Å². The minimum Gasteiger partial charge on any atom is -0.378 e. The topological polar surface area (TPSA) is 117 Å². The number of ether oxygens (including phenoxy) is 1. The number of nitrogens with one attached hydrogen (secondary N) is 2. The van der Waals surface area contributed by atoms with Crippen LogP contribution in [0.15, 0.2) is 24.3 Å². The molecule has 4 rings (SSSR count). The molecule has 1 aromatic carbocycles. The largest absolute Gasteiger partial charge is 0.378 e. The number of fused-ring (bicyclic) bond motifs is 1. The molecule has 3 aromatic rings. The zero-order valence-corrected chi connectivity index (χ0v) is 16.7. The van der Waals surface area contributed by atoms with Crippen LogP contribution in [0.5, 0.6) is 0 Å². The minimum absolute atomic E-state index is 0.344. The van der Waals surface area contributed by atoms with Gasteiger partial charge in [0.2, 0.25) is 6.41 Å². The Kier molecular flexibility index (Phi) is 5.79. The van der Waals surface area contributed by atoms with E-state index in [9.17, 15) is 4.79 Å². The zero-order chi connectivity index (χ0) is 20.2. The Morgan fingerprint density at radius 3 is 2.86 bits per heavy atom.